The zero-order valence-electron chi connectivity index (χ0n) is 7.42. The number of fused-ring (bicyclic) bond motifs is 1. The Labute approximate surface area is 76.4 Å². The van der Waals surface area contributed by atoms with Crippen LogP contribution in [0, 0.1) is 6.92 Å². The Morgan fingerprint density at radius 1 is 1.38 bits per heavy atom. The van der Waals surface area contributed by atoms with Crippen molar-refractivity contribution in [3.8, 4) is 5.75 Å². The third-order valence-electron chi connectivity index (χ3n) is 2.32. The summed E-state index contributed by atoms with van der Waals surface area (Å²) in [6.45, 7) is 1.82. The number of hydrogen-bond acceptors (Lipinski definition) is 2. The summed E-state index contributed by atoms with van der Waals surface area (Å²) >= 11 is 0. The average Bonchev–Trinajstić information content (AvgIpc) is 2.08. The number of anilines is 1. The molecule has 2 rings (SSSR count). The molecule has 1 heterocycles. The van der Waals surface area contributed by atoms with Crippen LogP contribution in [0.5, 0.6) is 5.75 Å². The quantitative estimate of drug-likeness (QED) is 0.591. The molecule has 2 N–H and O–H groups in total. The lowest BCUT2D eigenvalue weighted by molar-refractivity contribution is -0.116. The van der Waals surface area contributed by atoms with Crippen LogP contribution in [0.15, 0.2) is 12.1 Å². The molecule has 0 unspecified atom stereocenters. The smallest absolute Gasteiger partial charge is 0.224 e. The molecule has 68 valence electrons. The van der Waals surface area contributed by atoms with Gasteiger partial charge in [-0.25, -0.2) is 0 Å². The molecule has 0 saturated heterocycles. The van der Waals surface area contributed by atoms with Crippen LogP contribution in [0.3, 0.4) is 0 Å². The van der Waals surface area contributed by atoms with E-state index in [1.165, 1.54) is 0 Å². The molecule has 13 heavy (non-hydrogen) atoms. The van der Waals surface area contributed by atoms with Gasteiger partial charge in [-0.15, -0.1) is 0 Å². The first-order valence-corrected chi connectivity index (χ1v) is 4.29. The van der Waals surface area contributed by atoms with Crippen molar-refractivity contribution in [3.63, 3.8) is 0 Å². The Balaban J connectivity index is 2.49. The van der Waals surface area contributed by atoms with Gasteiger partial charge in [0.25, 0.3) is 0 Å². The van der Waals surface area contributed by atoms with E-state index >= 15 is 0 Å². The van der Waals surface area contributed by atoms with Crippen molar-refractivity contribution in [1.29, 1.82) is 0 Å². The molecule has 3 heteroatoms. The van der Waals surface area contributed by atoms with Crippen LogP contribution >= 0.6 is 0 Å². The predicted molar refractivity (Wildman–Crippen MR) is 49.8 cm³/mol. The molecular weight excluding hydrogens is 166 g/mol. The van der Waals surface area contributed by atoms with Crippen molar-refractivity contribution in [2.75, 3.05) is 5.32 Å². The van der Waals surface area contributed by atoms with Gasteiger partial charge in [0.05, 0.1) is 0 Å². The minimum absolute atomic E-state index is 0.0533. The number of aryl methyl sites for hydroxylation is 2. The average molecular weight is 177 g/mol. The van der Waals surface area contributed by atoms with E-state index in [1.807, 2.05) is 13.0 Å². The maximum Gasteiger partial charge on any atom is 0.224 e. The molecule has 0 spiro atoms. The minimum atomic E-state index is 0.0533. The lowest BCUT2D eigenvalue weighted by atomic mass is 10.0. The fraction of sp³-hybridized carbons (Fsp3) is 0.300. The Hall–Kier alpha value is -1.51. The van der Waals surface area contributed by atoms with Gasteiger partial charge < -0.3 is 10.4 Å². The monoisotopic (exact) mass is 177 g/mol. The molecule has 0 bridgehead atoms. The van der Waals surface area contributed by atoms with Gasteiger partial charge in [-0.3, -0.25) is 4.79 Å². The molecule has 0 atom stereocenters. The number of carbonyl (C=O) groups is 1. The summed E-state index contributed by atoms with van der Waals surface area (Å²) in [7, 11) is 0. The highest BCUT2D eigenvalue weighted by molar-refractivity contribution is 5.94. The van der Waals surface area contributed by atoms with E-state index < -0.39 is 0 Å². The number of phenolic OH excluding ortho intramolecular Hbond substituents is 1. The molecule has 0 fully saturated rings. The van der Waals surface area contributed by atoms with Crippen LogP contribution < -0.4 is 5.32 Å². The number of benzene rings is 1. The first-order chi connectivity index (χ1) is 6.16. The lowest BCUT2D eigenvalue weighted by Gasteiger charge is -2.17. The highest BCUT2D eigenvalue weighted by Crippen LogP contribution is 2.29. The maximum atomic E-state index is 11.0. The molecule has 0 radical (unpaired) electrons. The summed E-state index contributed by atoms with van der Waals surface area (Å²) in [5.74, 6) is 0.354. The summed E-state index contributed by atoms with van der Waals surface area (Å²) in [6, 6.07) is 3.53. The zero-order chi connectivity index (χ0) is 9.42. The summed E-state index contributed by atoms with van der Waals surface area (Å²) in [5, 5.41) is 12.2. The molecule has 3 nitrogen and oxygen atoms in total. The minimum Gasteiger partial charge on any atom is -0.508 e. The van der Waals surface area contributed by atoms with Crippen LogP contribution in [0.1, 0.15) is 17.5 Å². The second kappa shape index (κ2) is 2.76. The van der Waals surface area contributed by atoms with Gasteiger partial charge in [0.1, 0.15) is 5.75 Å². The molecule has 1 amide bonds. The molecule has 0 aromatic heterocycles. The number of amides is 1. The largest absolute Gasteiger partial charge is 0.508 e. The number of nitrogens with one attached hydrogen (secondary N) is 1. The topological polar surface area (TPSA) is 49.3 Å². The first kappa shape index (κ1) is 8.10. The van der Waals surface area contributed by atoms with E-state index in [4.69, 9.17) is 0 Å². The molecule has 1 aromatic rings. The van der Waals surface area contributed by atoms with Crippen molar-refractivity contribution in [1.82, 2.24) is 0 Å². The number of aromatic hydroxyl groups is 1. The van der Waals surface area contributed by atoms with Gasteiger partial charge in [-0.2, -0.15) is 0 Å². The molecule has 0 saturated carbocycles. The molecule has 1 aromatic carbocycles. The first-order valence-electron chi connectivity index (χ1n) is 4.29. The number of rotatable bonds is 0. The van der Waals surface area contributed by atoms with Crippen molar-refractivity contribution < 1.29 is 9.90 Å². The van der Waals surface area contributed by atoms with Crippen molar-refractivity contribution >= 4 is 11.6 Å². The van der Waals surface area contributed by atoms with Crippen LogP contribution in [0.4, 0.5) is 5.69 Å². The van der Waals surface area contributed by atoms with Gasteiger partial charge in [-0.05, 0) is 36.6 Å². The summed E-state index contributed by atoms with van der Waals surface area (Å²) in [5.41, 5.74) is 2.65. The van der Waals surface area contributed by atoms with E-state index in [9.17, 15) is 9.90 Å². The van der Waals surface area contributed by atoms with E-state index in [1.54, 1.807) is 6.07 Å². The van der Waals surface area contributed by atoms with Gasteiger partial charge in [0.15, 0.2) is 0 Å². The fourth-order valence-corrected chi connectivity index (χ4v) is 1.52. The maximum absolute atomic E-state index is 11.0. The number of phenols is 1. The second-order valence-corrected chi connectivity index (χ2v) is 3.34. The molecule has 1 aliphatic heterocycles. The SMILES string of the molecule is Cc1cc2c(cc1O)CCC(=O)N2. The third kappa shape index (κ3) is 1.37. The van der Waals surface area contributed by atoms with Gasteiger partial charge in [0.2, 0.25) is 5.91 Å². The van der Waals surface area contributed by atoms with Crippen LogP contribution in [0.2, 0.25) is 0 Å². The number of hydrogen-bond donors (Lipinski definition) is 2. The highest BCUT2D eigenvalue weighted by Gasteiger charge is 2.15. The van der Waals surface area contributed by atoms with E-state index in [2.05, 4.69) is 5.32 Å². The fourth-order valence-electron chi connectivity index (χ4n) is 1.52. The van der Waals surface area contributed by atoms with Crippen molar-refractivity contribution in [2.24, 2.45) is 0 Å². The Kier molecular flexibility index (Phi) is 1.72. The lowest BCUT2D eigenvalue weighted by Crippen LogP contribution is -2.18. The molecular formula is C10H11NO2. The summed E-state index contributed by atoms with van der Waals surface area (Å²) in [4.78, 5) is 11.0. The van der Waals surface area contributed by atoms with E-state index in [-0.39, 0.29) is 5.91 Å². The van der Waals surface area contributed by atoms with E-state index in [0.29, 0.717) is 12.2 Å². The normalized spacial score (nSPS) is 15.0. The predicted octanol–water partition coefficient (Wildman–Crippen LogP) is 1.59. The van der Waals surface area contributed by atoms with Crippen molar-refractivity contribution in [2.45, 2.75) is 19.8 Å². The zero-order valence-corrected chi connectivity index (χ0v) is 7.42. The standard InChI is InChI=1S/C10H11NO2/c1-6-4-8-7(5-9(6)12)2-3-10(13)11-8/h4-5,12H,2-3H2,1H3,(H,11,13). The van der Waals surface area contributed by atoms with Gasteiger partial charge in [0, 0.05) is 12.1 Å². The summed E-state index contributed by atoms with van der Waals surface area (Å²) < 4.78 is 0. The Bertz CT molecular complexity index is 371. The Morgan fingerprint density at radius 2 is 2.15 bits per heavy atom. The highest BCUT2D eigenvalue weighted by atomic mass is 16.3. The molecule has 0 aliphatic carbocycles. The number of carbonyl (C=O) groups excluding carboxylic acids is 1. The van der Waals surface area contributed by atoms with Crippen molar-refractivity contribution in [3.05, 3.63) is 23.3 Å². The van der Waals surface area contributed by atoms with Crippen LogP contribution in [-0.2, 0) is 11.2 Å². The second-order valence-electron chi connectivity index (χ2n) is 3.34. The van der Waals surface area contributed by atoms with Crippen LogP contribution in [-0.4, -0.2) is 11.0 Å². The van der Waals surface area contributed by atoms with Gasteiger partial charge in [-0.1, -0.05) is 0 Å². The van der Waals surface area contributed by atoms with Gasteiger partial charge >= 0.3 is 0 Å². The summed E-state index contributed by atoms with van der Waals surface area (Å²) in [6.07, 6.45) is 1.23. The van der Waals surface area contributed by atoms with E-state index in [0.717, 1.165) is 23.2 Å². The molecule has 1 aliphatic rings. The van der Waals surface area contributed by atoms with Crippen LogP contribution in [0.25, 0.3) is 0 Å². The Morgan fingerprint density at radius 3 is 2.92 bits per heavy atom. The third-order valence-corrected chi connectivity index (χ3v) is 2.32.